The smallest absolute Gasteiger partial charge is 0.0244 e. The van der Waals surface area contributed by atoms with Crippen LogP contribution in [-0.4, -0.2) is 0 Å². The van der Waals surface area contributed by atoms with Crippen molar-refractivity contribution < 1.29 is 0 Å². The molecule has 1 aromatic rings. The van der Waals surface area contributed by atoms with E-state index in [2.05, 4.69) is 50.3 Å². The number of hydrogen-bond donors (Lipinski definition) is 0. The van der Waals surface area contributed by atoms with Crippen LogP contribution < -0.4 is 0 Å². The standard InChI is InChI=1S/C12H16/c1-3-4-5-8-12-9-6-7-11(2)10-12/h3-4,6-7,9-10H,5,8H2,1-2H3/b4-3+. The van der Waals surface area contributed by atoms with Crippen molar-refractivity contribution in [3.05, 3.63) is 47.5 Å². The summed E-state index contributed by atoms with van der Waals surface area (Å²) in [6.45, 7) is 4.20. The Kier molecular flexibility index (Phi) is 3.59. The summed E-state index contributed by atoms with van der Waals surface area (Å²) in [5.74, 6) is 0. The molecular weight excluding hydrogens is 144 g/mol. The van der Waals surface area contributed by atoms with Gasteiger partial charge in [-0.25, -0.2) is 0 Å². The maximum atomic E-state index is 2.25. The van der Waals surface area contributed by atoms with Gasteiger partial charge >= 0.3 is 0 Å². The number of benzene rings is 1. The second-order valence-electron chi connectivity index (χ2n) is 3.10. The number of rotatable bonds is 3. The van der Waals surface area contributed by atoms with Crippen LogP contribution in [0.5, 0.6) is 0 Å². The highest BCUT2D eigenvalue weighted by Crippen LogP contribution is 2.06. The van der Waals surface area contributed by atoms with Gasteiger partial charge < -0.3 is 0 Å². The quantitative estimate of drug-likeness (QED) is 0.594. The molecule has 1 aromatic carbocycles. The van der Waals surface area contributed by atoms with Gasteiger partial charge in [0.05, 0.1) is 0 Å². The van der Waals surface area contributed by atoms with Crippen LogP contribution in [0.15, 0.2) is 36.4 Å². The Morgan fingerprint density at radius 1 is 1.33 bits per heavy atom. The Bertz CT molecular complexity index is 258. The van der Waals surface area contributed by atoms with Crippen LogP contribution in [0.2, 0.25) is 0 Å². The highest BCUT2D eigenvalue weighted by molar-refractivity contribution is 5.22. The van der Waals surface area contributed by atoms with Crippen molar-refractivity contribution in [3.63, 3.8) is 0 Å². The van der Waals surface area contributed by atoms with Crippen LogP contribution in [0, 0.1) is 6.92 Å². The summed E-state index contributed by atoms with van der Waals surface area (Å²) in [5.41, 5.74) is 2.79. The zero-order valence-electron chi connectivity index (χ0n) is 7.88. The van der Waals surface area contributed by atoms with Gasteiger partial charge in [-0.2, -0.15) is 0 Å². The molecule has 0 heterocycles. The maximum absolute atomic E-state index is 2.25. The Balaban J connectivity index is 2.52. The fourth-order valence-corrected chi connectivity index (χ4v) is 1.28. The summed E-state index contributed by atoms with van der Waals surface area (Å²) in [6, 6.07) is 8.71. The second-order valence-corrected chi connectivity index (χ2v) is 3.10. The molecule has 0 bridgehead atoms. The molecule has 12 heavy (non-hydrogen) atoms. The molecule has 0 unspecified atom stereocenters. The van der Waals surface area contributed by atoms with Gasteiger partial charge in [-0.1, -0.05) is 42.0 Å². The van der Waals surface area contributed by atoms with E-state index in [1.165, 1.54) is 11.1 Å². The van der Waals surface area contributed by atoms with Crippen LogP contribution in [0.25, 0.3) is 0 Å². The molecule has 0 spiro atoms. The first-order chi connectivity index (χ1) is 5.83. The van der Waals surface area contributed by atoms with E-state index in [0.717, 1.165) is 12.8 Å². The molecule has 0 N–H and O–H groups in total. The van der Waals surface area contributed by atoms with Gasteiger partial charge in [0.25, 0.3) is 0 Å². The lowest BCUT2D eigenvalue weighted by molar-refractivity contribution is 0.996. The highest BCUT2D eigenvalue weighted by Gasteiger charge is 1.90. The van der Waals surface area contributed by atoms with Gasteiger partial charge in [-0.05, 0) is 32.3 Å². The molecule has 0 fully saturated rings. The molecule has 0 heteroatoms. The second kappa shape index (κ2) is 4.76. The van der Waals surface area contributed by atoms with Crippen molar-refractivity contribution in [2.75, 3.05) is 0 Å². The molecule has 0 atom stereocenters. The topological polar surface area (TPSA) is 0 Å². The predicted molar refractivity (Wildman–Crippen MR) is 54.3 cm³/mol. The van der Waals surface area contributed by atoms with Crippen LogP contribution in [0.4, 0.5) is 0 Å². The van der Waals surface area contributed by atoms with E-state index in [1.807, 2.05) is 0 Å². The molecule has 0 amide bonds. The van der Waals surface area contributed by atoms with Crippen molar-refractivity contribution in [1.82, 2.24) is 0 Å². The average Bonchev–Trinajstić information content (AvgIpc) is 2.05. The van der Waals surface area contributed by atoms with E-state index in [1.54, 1.807) is 0 Å². The zero-order valence-corrected chi connectivity index (χ0v) is 7.88. The monoisotopic (exact) mass is 160 g/mol. The van der Waals surface area contributed by atoms with Crippen LogP contribution in [0.3, 0.4) is 0 Å². The lowest BCUT2D eigenvalue weighted by atomic mass is 10.1. The van der Waals surface area contributed by atoms with Gasteiger partial charge in [-0.15, -0.1) is 0 Å². The van der Waals surface area contributed by atoms with E-state index >= 15 is 0 Å². The SMILES string of the molecule is C/C=C/CCc1cccc(C)c1. The first-order valence-electron chi connectivity index (χ1n) is 4.49. The van der Waals surface area contributed by atoms with Crippen molar-refractivity contribution in [2.45, 2.75) is 26.7 Å². The van der Waals surface area contributed by atoms with Crippen molar-refractivity contribution in [2.24, 2.45) is 0 Å². The van der Waals surface area contributed by atoms with Gasteiger partial charge in [0.15, 0.2) is 0 Å². The van der Waals surface area contributed by atoms with Crippen LogP contribution in [-0.2, 0) is 6.42 Å². The largest absolute Gasteiger partial charge is 0.0917 e. The Hall–Kier alpha value is -1.04. The zero-order chi connectivity index (χ0) is 8.81. The fraction of sp³-hybridized carbons (Fsp3) is 0.333. The lowest BCUT2D eigenvalue weighted by Crippen LogP contribution is -1.83. The lowest BCUT2D eigenvalue weighted by Gasteiger charge is -1.98. The van der Waals surface area contributed by atoms with Crippen molar-refractivity contribution >= 4 is 0 Å². The third kappa shape index (κ3) is 2.91. The maximum Gasteiger partial charge on any atom is -0.0244 e. The van der Waals surface area contributed by atoms with Gasteiger partial charge in [0.1, 0.15) is 0 Å². The summed E-state index contributed by atoms with van der Waals surface area (Å²) in [4.78, 5) is 0. The minimum Gasteiger partial charge on any atom is -0.0917 e. The number of allylic oxidation sites excluding steroid dienone is 2. The highest BCUT2D eigenvalue weighted by atomic mass is 14.0. The molecular formula is C12H16. The molecule has 64 valence electrons. The van der Waals surface area contributed by atoms with E-state index < -0.39 is 0 Å². The molecule has 0 aromatic heterocycles. The molecule has 0 nitrogen and oxygen atoms in total. The molecule has 0 aliphatic carbocycles. The minimum atomic E-state index is 1.15. The first kappa shape index (κ1) is 9.05. The van der Waals surface area contributed by atoms with Gasteiger partial charge in [0, 0.05) is 0 Å². The number of aryl methyl sites for hydroxylation is 2. The molecule has 0 saturated carbocycles. The third-order valence-electron chi connectivity index (χ3n) is 1.92. The molecule has 0 aliphatic rings. The van der Waals surface area contributed by atoms with E-state index in [4.69, 9.17) is 0 Å². The van der Waals surface area contributed by atoms with Gasteiger partial charge in [-0.3, -0.25) is 0 Å². The first-order valence-corrected chi connectivity index (χ1v) is 4.49. The molecule has 1 rings (SSSR count). The summed E-state index contributed by atoms with van der Waals surface area (Å²) in [6.07, 6.45) is 6.63. The third-order valence-corrected chi connectivity index (χ3v) is 1.92. The van der Waals surface area contributed by atoms with E-state index in [0.29, 0.717) is 0 Å². The van der Waals surface area contributed by atoms with Crippen LogP contribution >= 0.6 is 0 Å². The summed E-state index contributed by atoms with van der Waals surface area (Å²) in [7, 11) is 0. The Labute approximate surface area is 74.9 Å². The van der Waals surface area contributed by atoms with E-state index in [-0.39, 0.29) is 0 Å². The van der Waals surface area contributed by atoms with E-state index in [9.17, 15) is 0 Å². The number of hydrogen-bond acceptors (Lipinski definition) is 0. The van der Waals surface area contributed by atoms with Crippen molar-refractivity contribution in [3.8, 4) is 0 Å². The summed E-state index contributed by atoms with van der Waals surface area (Å²) < 4.78 is 0. The van der Waals surface area contributed by atoms with Crippen molar-refractivity contribution in [1.29, 1.82) is 0 Å². The van der Waals surface area contributed by atoms with Crippen LogP contribution in [0.1, 0.15) is 24.5 Å². The summed E-state index contributed by atoms with van der Waals surface area (Å²) >= 11 is 0. The fourth-order valence-electron chi connectivity index (χ4n) is 1.28. The Morgan fingerprint density at radius 3 is 2.83 bits per heavy atom. The summed E-state index contributed by atoms with van der Waals surface area (Å²) in [5, 5.41) is 0. The molecule has 0 saturated heterocycles. The van der Waals surface area contributed by atoms with Gasteiger partial charge in [0.2, 0.25) is 0 Å². The normalized spacial score (nSPS) is 10.8. The predicted octanol–water partition coefficient (Wildman–Crippen LogP) is 3.50. The molecule has 0 aliphatic heterocycles. The Morgan fingerprint density at radius 2 is 2.17 bits per heavy atom. The average molecular weight is 160 g/mol. The molecule has 0 radical (unpaired) electrons. The minimum absolute atomic E-state index is 1.15.